The Labute approximate surface area is 111 Å². The molecule has 1 aromatic rings. The molecule has 17 heavy (non-hydrogen) atoms. The smallest absolute Gasteiger partial charge is 0.152 e. The zero-order valence-corrected chi connectivity index (χ0v) is 11.8. The molecule has 2 rings (SSSR count). The Morgan fingerprint density at radius 3 is 2.82 bits per heavy atom. The number of hydrogen-bond donors (Lipinski definition) is 0. The summed E-state index contributed by atoms with van der Waals surface area (Å²) in [6, 6.07) is 6.33. The summed E-state index contributed by atoms with van der Waals surface area (Å²) in [6.07, 6.45) is 2.08. The third-order valence-electron chi connectivity index (χ3n) is 3.35. The number of benzene rings is 1. The summed E-state index contributed by atoms with van der Waals surface area (Å²) in [7, 11) is 4.21. The maximum absolute atomic E-state index is 11.1. The quantitative estimate of drug-likeness (QED) is 0.801. The molecule has 1 saturated heterocycles. The molecule has 0 N–H and O–H groups in total. The van der Waals surface area contributed by atoms with Crippen LogP contribution in [0, 0.1) is 0 Å². The van der Waals surface area contributed by atoms with Crippen LogP contribution in [0.1, 0.15) is 16.8 Å². The summed E-state index contributed by atoms with van der Waals surface area (Å²) in [6.45, 7) is 1.99. The molecule has 1 aliphatic rings. The van der Waals surface area contributed by atoms with Crippen LogP contribution in [-0.4, -0.2) is 44.4 Å². The Kier molecular flexibility index (Phi) is 3.84. The van der Waals surface area contributed by atoms with E-state index < -0.39 is 0 Å². The molecule has 0 radical (unpaired) electrons. The van der Waals surface area contributed by atoms with Gasteiger partial charge in [0.15, 0.2) is 6.29 Å². The molecule has 1 unspecified atom stereocenters. The molecule has 0 aliphatic carbocycles. The third-order valence-corrected chi connectivity index (χ3v) is 3.99. The highest BCUT2D eigenvalue weighted by atomic mass is 79.9. The van der Waals surface area contributed by atoms with Crippen LogP contribution in [0.25, 0.3) is 0 Å². The number of carbonyl (C=O) groups excluding carboxylic acids is 1. The van der Waals surface area contributed by atoms with Gasteiger partial charge in [-0.1, -0.05) is 6.07 Å². The number of hydrogen-bond acceptors (Lipinski definition) is 3. The molecule has 1 atom stereocenters. The number of nitrogens with zero attached hydrogens (tertiary/aromatic N) is 2. The second-order valence-corrected chi connectivity index (χ2v) is 5.50. The van der Waals surface area contributed by atoms with Crippen molar-refractivity contribution in [2.45, 2.75) is 12.5 Å². The largest absolute Gasteiger partial charge is 0.368 e. The lowest BCUT2D eigenvalue weighted by atomic mass is 10.2. The molecule has 0 aromatic heterocycles. The fraction of sp³-hybridized carbons (Fsp3) is 0.462. The fourth-order valence-electron chi connectivity index (χ4n) is 2.33. The van der Waals surface area contributed by atoms with Crippen LogP contribution in [0.2, 0.25) is 0 Å². The van der Waals surface area contributed by atoms with Gasteiger partial charge in [0.1, 0.15) is 0 Å². The Bertz CT molecular complexity index is 420. The first kappa shape index (κ1) is 12.6. The lowest BCUT2D eigenvalue weighted by Crippen LogP contribution is -2.31. The summed E-state index contributed by atoms with van der Waals surface area (Å²) < 4.78 is 1.00. The highest BCUT2D eigenvalue weighted by Gasteiger charge is 2.26. The predicted octanol–water partition coefficient (Wildman–Crippen LogP) is 2.40. The Morgan fingerprint density at radius 2 is 2.24 bits per heavy atom. The third kappa shape index (κ3) is 2.53. The maximum Gasteiger partial charge on any atom is 0.152 e. The minimum Gasteiger partial charge on any atom is -0.368 e. The first-order chi connectivity index (χ1) is 8.13. The summed E-state index contributed by atoms with van der Waals surface area (Å²) in [5, 5.41) is 0. The van der Waals surface area contributed by atoms with Gasteiger partial charge in [0.2, 0.25) is 0 Å². The molecular formula is C13H17BrN2O. The normalized spacial score (nSPS) is 20.0. The molecule has 0 saturated carbocycles. The molecule has 0 bridgehead atoms. The second kappa shape index (κ2) is 5.19. The van der Waals surface area contributed by atoms with Crippen molar-refractivity contribution in [1.82, 2.24) is 4.90 Å². The molecule has 1 fully saturated rings. The molecular weight excluding hydrogens is 280 g/mol. The van der Waals surface area contributed by atoms with Crippen LogP contribution in [-0.2, 0) is 0 Å². The number of carbonyl (C=O) groups is 1. The van der Waals surface area contributed by atoms with E-state index in [-0.39, 0.29) is 0 Å². The van der Waals surface area contributed by atoms with E-state index in [4.69, 9.17) is 0 Å². The molecule has 3 nitrogen and oxygen atoms in total. The molecule has 1 aliphatic heterocycles. The highest BCUT2D eigenvalue weighted by Crippen LogP contribution is 2.32. The summed E-state index contributed by atoms with van der Waals surface area (Å²) in [5.41, 5.74) is 1.80. The average molecular weight is 297 g/mol. The van der Waals surface area contributed by atoms with Crippen LogP contribution in [0.15, 0.2) is 22.7 Å². The van der Waals surface area contributed by atoms with E-state index in [2.05, 4.69) is 39.8 Å². The topological polar surface area (TPSA) is 23.6 Å². The van der Waals surface area contributed by atoms with Gasteiger partial charge in [0, 0.05) is 29.2 Å². The van der Waals surface area contributed by atoms with Crippen molar-refractivity contribution in [3.05, 3.63) is 28.2 Å². The summed E-state index contributed by atoms with van der Waals surface area (Å²) in [5.74, 6) is 0. The molecule has 1 heterocycles. The van der Waals surface area contributed by atoms with Crippen molar-refractivity contribution < 1.29 is 4.79 Å². The predicted molar refractivity (Wildman–Crippen MR) is 73.8 cm³/mol. The monoisotopic (exact) mass is 296 g/mol. The van der Waals surface area contributed by atoms with Gasteiger partial charge in [-0.2, -0.15) is 0 Å². The van der Waals surface area contributed by atoms with E-state index in [1.165, 1.54) is 0 Å². The Balaban J connectivity index is 2.27. The van der Waals surface area contributed by atoms with Crippen molar-refractivity contribution in [1.29, 1.82) is 0 Å². The molecule has 0 amide bonds. The van der Waals surface area contributed by atoms with Crippen LogP contribution >= 0.6 is 15.9 Å². The average Bonchev–Trinajstić information content (AvgIpc) is 2.77. The first-order valence-electron chi connectivity index (χ1n) is 5.78. The van der Waals surface area contributed by atoms with E-state index in [0.29, 0.717) is 6.04 Å². The minimum atomic E-state index is 0.571. The Hall–Kier alpha value is -0.870. The highest BCUT2D eigenvalue weighted by molar-refractivity contribution is 9.10. The van der Waals surface area contributed by atoms with Gasteiger partial charge in [0.25, 0.3) is 0 Å². The second-order valence-electron chi connectivity index (χ2n) is 4.65. The maximum atomic E-state index is 11.1. The number of likely N-dealkylation sites (N-methyl/N-ethyl adjacent to an activating group) is 1. The first-order valence-corrected chi connectivity index (χ1v) is 6.58. The van der Waals surface area contributed by atoms with Crippen molar-refractivity contribution >= 4 is 27.9 Å². The number of para-hydroxylation sites is 1. The standard InChI is InChI=1S/C13H17BrN2O/c1-15(2)11-6-7-16(8-11)13-10(9-17)4-3-5-12(13)14/h3-5,9,11H,6-8H2,1-2H3. The summed E-state index contributed by atoms with van der Waals surface area (Å²) >= 11 is 3.54. The zero-order valence-electron chi connectivity index (χ0n) is 10.2. The number of anilines is 1. The van der Waals surface area contributed by atoms with Gasteiger partial charge in [-0.3, -0.25) is 4.79 Å². The minimum absolute atomic E-state index is 0.571. The van der Waals surface area contributed by atoms with Crippen LogP contribution in [0.3, 0.4) is 0 Å². The zero-order chi connectivity index (χ0) is 12.4. The van der Waals surface area contributed by atoms with Gasteiger partial charge in [0.05, 0.1) is 5.69 Å². The van der Waals surface area contributed by atoms with Crippen molar-refractivity contribution in [2.75, 3.05) is 32.1 Å². The van der Waals surface area contributed by atoms with Crippen LogP contribution < -0.4 is 4.90 Å². The lowest BCUT2D eigenvalue weighted by molar-refractivity contribution is 0.112. The van der Waals surface area contributed by atoms with E-state index in [1.54, 1.807) is 0 Å². The number of aldehydes is 1. The van der Waals surface area contributed by atoms with Crippen molar-refractivity contribution in [3.8, 4) is 0 Å². The summed E-state index contributed by atoms with van der Waals surface area (Å²) in [4.78, 5) is 15.6. The van der Waals surface area contributed by atoms with E-state index in [0.717, 1.165) is 41.5 Å². The molecule has 0 spiro atoms. The number of halogens is 1. The lowest BCUT2D eigenvalue weighted by Gasteiger charge is -2.23. The van der Waals surface area contributed by atoms with Gasteiger partial charge in [-0.25, -0.2) is 0 Å². The van der Waals surface area contributed by atoms with Gasteiger partial charge < -0.3 is 9.80 Å². The molecule has 92 valence electrons. The molecule has 1 aromatic carbocycles. The molecule has 4 heteroatoms. The SMILES string of the molecule is CN(C)C1CCN(c2c(Br)cccc2C=O)C1. The van der Waals surface area contributed by atoms with Gasteiger partial charge in [-0.05, 0) is 48.6 Å². The van der Waals surface area contributed by atoms with Crippen LogP contribution in [0.4, 0.5) is 5.69 Å². The van der Waals surface area contributed by atoms with Crippen LogP contribution in [0.5, 0.6) is 0 Å². The Morgan fingerprint density at radius 1 is 1.47 bits per heavy atom. The van der Waals surface area contributed by atoms with Crippen molar-refractivity contribution in [3.63, 3.8) is 0 Å². The number of rotatable bonds is 3. The van der Waals surface area contributed by atoms with E-state index >= 15 is 0 Å². The van der Waals surface area contributed by atoms with Gasteiger partial charge >= 0.3 is 0 Å². The van der Waals surface area contributed by atoms with Gasteiger partial charge in [-0.15, -0.1) is 0 Å². The van der Waals surface area contributed by atoms with Crippen molar-refractivity contribution in [2.24, 2.45) is 0 Å². The fourth-order valence-corrected chi connectivity index (χ4v) is 2.96. The van der Waals surface area contributed by atoms with E-state index in [1.807, 2.05) is 18.2 Å². The van der Waals surface area contributed by atoms with E-state index in [9.17, 15) is 4.79 Å².